The van der Waals surface area contributed by atoms with Crippen LogP contribution in [-0.2, 0) is 6.54 Å². The van der Waals surface area contributed by atoms with Crippen molar-refractivity contribution in [2.45, 2.75) is 45.2 Å². The first kappa shape index (κ1) is 10.7. The highest BCUT2D eigenvalue weighted by Crippen LogP contribution is 2.32. The number of fused-ring (bicyclic) bond motifs is 1. The lowest BCUT2D eigenvalue weighted by molar-refractivity contribution is 0.476. The predicted octanol–water partition coefficient (Wildman–Crippen LogP) is 2.31. The fourth-order valence-corrected chi connectivity index (χ4v) is 2.73. The maximum atomic E-state index is 5.65. The fourth-order valence-electron chi connectivity index (χ4n) is 2.73. The average molecular weight is 230 g/mol. The van der Waals surface area contributed by atoms with Gasteiger partial charge in [-0.2, -0.15) is 5.10 Å². The van der Waals surface area contributed by atoms with Crippen LogP contribution >= 0.6 is 0 Å². The number of hydrogen-bond donors (Lipinski definition) is 1. The minimum Gasteiger partial charge on any atom is -0.326 e. The van der Waals surface area contributed by atoms with E-state index >= 15 is 0 Å². The molecule has 1 aliphatic rings. The molecule has 1 saturated carbocycles. The van der Waals surface area contributed by atoms with Crippen LogP contribution in [0.5, 0.6) is 0 Å². The lowest BCUT2D eigenvalue weighted by atomic mass is 10.2. The number of aryl methyl sites for hydroxylation is 1. The first-order valence-corrected chi connectivity index (χ1v) is 6.33. The molecule has 0 unspecified atom stereocenters. The van der Waals surface area contributed by atoms with Crippen LogP contribution in [0.1, 0.15) is 43.0 Å². The zero-order valence-corrected chi connectivity index (χ0v) is 10.2. The van der Waals surface area contributed by atoms with E-state index in [1.165, 1.54) is 25.7 Å². The first-order chi connectivity index (χ1) is 8.29. The molecule has 0 aliphatic heterocycles. The van der Waals surface area contributed by atoms with E-state index in [1.807, 2.05) is 6.20 Å². The second-order valence-electron chi connectivity index (χ2n) is 4.89. The molecule has 2 aromatic rings. The molecule has 0 aromatic carbocycles. The van der Waals surface area contributed by atoms with Gasteiger partial charge >= 0.3 is 0 Å². The zero-order chi connectivity index (χ0) is 11.8. The summed E-state index contributed by atoms with van der Waals surface area (Å²) in [5, 5.41) is 5.81. The van der Waals surface area contributed by atoms with Gasteiger partial charge in [0, 0.05) is 18.1 Å². The van der Waals surface area contributed by atoms with Crippen molar-refractivity contribution in [1.82, 2.24) is 14.8 Å². The molecule has 4 nitrogen and oxygen atoms in total. The van der Waals surface area contributed by atoms with E-state index in [2.05, 4.69) is 27.8 Å². The fraction of sp³-hybridized carbons (Fsp3) is 0.538. The van der Waals surface area contributed by atoms with Crippen LogP contribution in [0.2, 0.25) is 0 Å². The molecule has 0 atom stereocenters. The number of rotatable bonds is 2. The van der Waals surface area contributed by atoms with Gasteiger partial charge in [0.05, 0.1) is 11.7 Å². The van der Waals surface area contributed by atoms with Crippen LogP contribution < -0.4 is 5.73 Å². The van der Waals surface area contributed by atoms with Gasteiger partial charge < -0.3 is 5.73 Å². The Morgan fingerprint density at radius 1 is 1.41 bits per heavy atom. The third-order valence-electron chi connectivity index (χ3n) is 3.69. The van der Waals surface area contributed by atoms with Crippen molar-refractivity contribution in [2.24, 2.45) is 5.73 Å². The Balaban J connectivity index is 2.13. The Hall–Kier alpha value is -1.42. The number of aromatic nitrogens is 3. The molecule has 2 aromatic heterocycles. The SMILES string of the molecule is Cc1nn(C2CCCC2)c2ncc(CN)cc12. The number of hydrogen-bond acceptors (Lipinski definition) is 3. The summed E-state index contributed by atoms with van der Waals surface area (Å²) in [5.41, 5.74) is 8.81. The molecule has 0 spiro atoms. The molecule has 90 valence electrons. The van der Waals surface area contributed by atoms with Crippen molar-refractivity contribution in [3.05, 3.63) is 23.5 Å². The van der Waals surface area contributed by atoms with E-state index < -0.39 is 0 Å². The topological polar surface area (TPSA) is 56.7 Å². The molecule has 2 heterocycles. The molecule has 0 amide bonds. The summed E-state index contributed by atoms with van der Waals surface area (Å²) in [6.07, 6.45) is 6.96. The maximum Gasteiger partial charge on any atom is 0.158 e. The van der Waals surface area contributed by atoms with Crippen LogP contribution in [-0.4, -0.2) is 14.8 Å². The largest absolute Gasteiger partial charge is 0.326 e. The number of nitrogens with zero attached hydrogens (tertiary/aromatic N) is 3. The lowest BCUT2D eigenvalue weighted by Crippen LogP contribution is -2.07. The molecule has 1 fully saturated rings. The van der Waals surface area contributed by atoms with Crippen molar-refractivity contribution in [3.63, 3.8) is 0 Å². The van der Waals surface area contributed by atoms with Gasteiger partial charge in [-0.3, -0.25) is 0 Å². The Bertz CT molecular complexity index is 538. The maximum absolute atomic E-state index is 5.65. The summed E-state index contributed by atoms with van der Waals surface area (Å²) in [6, 6.07) is 2.67. The van der Waals surface area contributed by atoms with Gasteiger partial charge in [-0.15, -0.1) is 0 Å². The molecular formula is C13H18N4. The third kappa shape index (κ3) is 1.72. The molecule has 2 N–H and O–H groups in total. The van der Waals surface area contributed by atoms with Crippen molar-refractivity contribution >= 4 is 11.0 Å². The van der Waals surface area contributed by atoms with Gasteiger partial charge in [0.15, 0.2) is 5.65 Å². The van der Waals surface area contributed by atoms with Crippen LogP contribution in [0.3, 0.4) is 0 Å². The highest BCUT2D eigenvalue weighted by Gasteiger charge is 2.21. The van der Waals surface area contributed by atoms with E-state index in [0.29, 0.717) is 12.6 Å². The Morgan fingerprint density at radius 3 is 2.88 bits per heavy atom. The molecule has 0 bridgehead atoms. The van der Waals surface area contributed by atoms with E-state index in [9.17, 15) is 0 Å². The standard InChI is InChI=1S/C13H18N4/c1-9-12-6-10(7-14)8-15-13(12)17(16-9)11-4-2-3-5-11/h6,8,11H,2-5,7,14H2,1H3. The summed E-state index contributed by atoms with van der Waals surface area (Å²) in [6.45, 7) is 2.59. The van der Waals surface area contributed by atoms with Crippen molar-refractivity contribution in [1.29, 1.82) is 0 Å². The molecule has 17 heavy (non-hydrogen) atoms. The van der Waals surface area contributed by atoms with Gasteiger partial charge in [0.2, 0.25) is 0 Å². The highest BCUT2D eigenvalue weighted by molar-refractivity contribution is 5.78. The van der Waals surface area contributed by atoms with Crippen LogP contribution in [0.15, 0.2) is 12.3 Å². The Morgan fingerprint density at radius 2 is 2.18 bits per heavy atom. The average Bonchev–Trinajstić information content (AvgIpc) is 2.97. The van der Waals surface area contributed by atoms with Crippen molar-refractivity contribution in [2.75, 3.05) is 0 Å². The Kier molecular flexibility index (Phi) is 2.59. The summed E-state index contributed by atoms with van der Waals surface area (Å²) >= 11 is 0. The van der Waals surface area contributed by atoms with E-state index in [0.717, 1.165) is 22.3 Å². The quantitative estimate of drug-likeness (QED) is 0.861. The molecule has 0 saturated heterocycles. The summed E-state index contributed by atoms with van der Waals surface area (Å²) in [7, 11) is 0. The smallest absolute Gasteiger partial charge is 0.158 e. The molecular weight excluding hydrogens is 212 g/mol. The molecule has 3 rings (SSSR count). The van der Waals surface area contributed by atoms with Crippen LogP contribution in [0.25, 0.3) is 11.0 Å². The summed E-state index contributed by atoms with van der Waals surface area (Å²) < 4.78 is 2.12. The monoisotopic (exact) mass is 230 g/mol. The second kappa shape index (κ2) is 4.11. The van der Waals surface area contributed by atoms with Gasteiger partial charge in [0.1, 0.15) is 0 Å². The summed E-state index contributed by atoms with van der Waals surface area (Å²) in [4.78, 5) is 4.54. The first-order valence-electron chi connectivity index (χ1n) is 6.33. The van der Waals surface area contributed by atoms with Crippen molar-refractivity contribution in [3.8, 4) is 0 Å². The van der Waals surface area contributed by atoms with Crippen LogP contribution in [0.4, 0.5) is 0 Å². The van der Waals surface area contributed by atoms with Gasteiger partial charge in [-0.25, -0.2) is 9.67 Å². The number of nitrogens with two attached hydrogens (primary N) is 1. The van der Waals surface area contributed by atoms with Gasteiger partial charge in [0.25, 0.3) is 0 Å². The highest BCUT2D eigenvalue weighted by atomic mass is 15.3. The minimum absolute atomic E-state index is 0.539. The molecule has 4 heteroatoms. The second-order valence-corrected chi connectivity index (χ2v) is 4.89. The van der Waals surface area contributed by atoms with E-state index in [4.69, 9.17) is 5.73 Å². The third-order valence-corrected chi connectivity index (χ3v) is 3.69. The van der Waals surface area contributed by atoms with Crippen molar-refractivity contribution < 1.29 is 0 Å². The normalized spacial score (nSPS) is 17.1. The number of pyridine rings is 1. The zero-order valence-electron chi connectivity index (χ0n) is 10.2. The Labute approximate surface area is 101 Å². The minimum atomic E-state index is 0.539. The van der Waals surface area contributed by atoms with E-state index in [-0.39, 0.29) is 0 Å². The van der Waals surface area contributed by atoms with Crippen LogP contribution in [0, 0.1) is 6.92 Å². The van der Waals surface area contributed by atoms with E-state index in [1.54, 1.807) is 0 Å². The van der Waals surface area contributed by atoms with Gasteiger partial charge in [-0.1, -0.05) is 12.8 Å². The lowest BCUT2D eigenvalue weighted by Gasteiger charge is -2.10. The molecule has 1 aliphatic carbocycles. The summed E-state index contributed by atoms with van der Waals surface area (Å²) in [5.74, 6) is 0. The molecule has 0 radical (unpaired) electrons. The predicted molar refractivity (Wildman–Crippen MR) is 67.7 cm³/mol. The van der Waals surface area contributed by atoms with Gasteiger partial charge in [-0.05, 0) is 31.4 Å².